The average molecular weight is 332 g/mol. The van der Waals surface area contributed by atoms with E-state index in [1.807, 2.05) is 36.6 Å². The molecule has 118 valence electrons. The summed E-state index contributed by atoms with van der Waals surface area (Å²) in [5, 5.41) is 9.08. The molecule has 0 heterocycles. The van der Waals surface area contributed by atoms with Crippen molar-refractivity contribution < 1.29 is 18.3 Å². The lowest BCUT2D eigenvalue weighted by Crippen LogP contribution is -2.47. The number of aliphatic carboxylic acids is 1. The Morgan fingerprint density at radius 1 is 1.38 bits per heavy atom. The molecule has 0 unspecified atom stereocenters. The van der Waals surface area contributed by atoms with E-state index in [2.05, 4.69) is 4.72 Å². The molecule has 8 heteroatoms. The van der Waals surface area contributed by atoms with Crippen LogP contribution in [0.2, 0.25) is 0 Å². The van der Waals surface area contributed by atoms with Gasteiger partial charge in [0.1, 0.15) is 6.04 Å². The van der Waals surface area contributed by atoms with Gasteiger partial charge in [-0.05, 0) is 24.0 Å². The van der Waals surface area contributed by atoms with Crippen molar-refractivity contribution in [3.8, 4) is 0 Å². The van der Waals surface area contributed by atoms with Crippen LogP contribution in [0.3, 0.4) is 0 Å². The second kappa shape index (κ2) is 8.38. The molecule has 1 rings (SSSR count). The summed E-state index contributed by atoms with van der Waals surface area (Å²) in [6.45, 7) is 0.186. The Bertz CT molecular complexity index is 549. The molecule has 2 N–H and O–H groups in total. The molecule has 1 atom stereocenters. The zero-order valence-corrected chi connectivity index (χ0v) is 13.7. The molecule has 6 nitrogen and oxygen atoms in total. The van der Waals surface area contributed by atoms with Crippen LogP contribution in [0.5, 0.6) is 0 Å². The largest absolute Gasteiger partial charge is 0.480 e. The van der Waals surface area contributed by atoms with Crippen LogP contribution in [0.25, 0.3) is 0 Å². The van der Waals surface area contributed by atoms with Crippen molar-refractivity contribution in [1.29, 1.82) is 0 Å². The molecule has 0 aliphatic carbocycles. The van der Waals surface area contributed by atoms with Gasteiger partial charge in [0.15, 0.2) is 0 Å². The van der Waals surface area contributed by atoms with Crippen molar-refractivity contribution in [3.63, 3.8) is 0 Å². The number of carbonyl (C=O) groups is 1. The standard InChI is InChI=1S/C13H20N2O4S2/c1-15(10-11-6-4-3-5-7-11)21(18,19)14-12(13(16)17)8-9-20-2/h3-7,12,14H,8-10H2,1-2H3,(H,16,17)/t12-/m1/s1. The van der Waals surface area contributed by atoms with E-state index >= 15 is 0 Å². The van der Waals surface area contributed by atoms with Crippen molar-refractivity contribution in [2.24, 2.45) is 0 Å². The van der Waals surface area contributed by atoms with Gasteiger partial charge >= 0.3 is 5.97 Å². The van der Waals surface area contributed by atoms with Crippen LogP contribution >= 0.6 is 11.8 Å². The lowest BCUT2D eigenvalue weighted by molar-refractivity contribution is -0.139. The van der Waals surface area contributed by atoms with Gasteiger partial charge in [0.25, 0.3) is 10.2 Å². The summed E-state index contributed by atoms with van der Waals surface area (Å²) in [6, 6.07) is 8.01. The minimum Gasteiger partial charge on any atom is -0.480 e. The van der Waals surface area contributed by atoms with E-state index in [-0.39, 0.29) is 13.0 Å². The molecule has 0 saturated heterocycles. The van der Waals surface area contributed by atoms with Crippen molar-refractivity contribution >= 4 is 27.9 Å². The van der Waals surface area contributed by atoms with Gasteiger partial charge in [-0.15, -0.1) is 0 Å². The maximum atomic E-state index is 12.2. The molecular weight excluding hydrogens is 312 g/mol. The smallest absolute Gasteiger partial charge is 0.321 e. The summed E-state index contributed by atoms with van der Waals surface area (Å²) >= 11 is 1.47. The fourth-order valence-corrected chi connectivity index (χ4v) is 3.21. The molecule has 0 saturated carbocycles. The third-order valence-electron chi connectivity index (χ3n) is 2.86. The van der Waals surface area contributed by atoms with E-state index in [0.29, 0.717) is 5.75 Å². The van der Waals surface area contributed by atoms with Crippen LogP contribution < -0.4 is 4.72 Å². The molecule has 0 fully saturated rings. The third-order valence-corrected chi connectivity index (χ3v) is 5.03. The first kappa shape index (κ1) is 18.0. The highest BCUT2D eigenvalue weighted by Crippen LogP contribution is 2.08. The van der Waals surface area contributed by atoms with Crippen LogP contribution in [0.4, 0.5) is 0 Å². The maximum Gasteiger partial charge on any atom is 0.321 e. The van der Waals surface area contributed by atoms with Crippen LogP contribution in [-0.4, -0.2) is 48.9 Å². The second-order valence-corrected chi connectivity index (χ2v) is 7.33. The zero-order valence-electron chi connectivity index (χ0n) is 12.0. The number of benzene rings is 1. The molecule has 0 aromatic heterocycles. The highest BCUT2D eigenvalue weighted by atomic mass is 32.2. The second-order valence-electron chi connectivity index (χ2n) is 4.54. The predicted octanol–water partition coefficient (Wildman–Crippen LogP) is 1.16. The van der Waals surface area contributed by atoms with Crippen molar-refractivity contribution in [2.45, 2.75) is 19.0 Å². The Kier molecular flexibility index (Phi) is 7.16. The highest BCUT2D eigenvalue weighted by molar-refractivity contribution is 7.98. The molecule has 1 aromatic rings. The first-order chi connectivity index (χ1) is 9.86. The molecule has 0 amide bonds. The monoisotopic (exact) mass is 332 g/mol. The number of nitrogens with zero attached hydrogens (tertiary/aromatic N) is 1. The number of thioether (sulfide) groups is 1. The number of carboxylic acids is 1. The summed E-state index contributed by atoms with van der Waals surface area (Å²) in [5.74, 6) is -0.595. The van der Waals surface area contributed by atoms with E-state index in [0.717, 1.165) is 9.87 Å². The summed E-state index contributed by atoms with van der Waals surface area (Å²) < 4.78 is 27.7. The fourth-order valence-electron chi connectivity index (χ4n) is 1.66. The van der Waals surface area contributed by atoms with Crippen molar-refractivity contribution in [2.75, 3.05) is 19.1 Å². The number of nitrogens with one attached hydrogen (secondary N) is 1. The number of hydrogen-bond donors (Lipinski definition) is 2. The zero-order chi connectivity index (χ0) is 15.9. The van der Waals surface area contributed by atoms with Crippen LogP contribution in [0, 0.1) is 0 Å². The Morgan fingerprint density at radius 2 is 2.00 bits per heavy atom. The third kappa shape index (κ3) is 6.04. The van der Waals surface area contributed by atoms with E-state index in [4.69, 9.17) is 5.11 Å². The minimum absolute atomic E-state index is 0.186. The van der Waals surface area contributed by atoms with E-state index in [1.165, 1.54) is 18.8 Å². The van der Waals surface area contributed by atoms with Gasteiger partial charge in [0.05, 0.1) is 0 Å². The Hall–Kier alpha value is -1.09. The van der Waals surface area contributed by atoms with Gasteiger partial charge in [-0.1, -0.05) is 30.3 Å². The molecule has 1 aromatic carbocycles. The summed E-state index contributed by atoms with van der Waals surface area (Å²) in [7, 11) is -2.42. The molecule has 0 radical (unpaired) electrons. The number of hydrogen-bond acceptors (Lipinski definition) is 4. The average Bonchev–Trinajstić information content (AvgIpc) is 2.44. The van der Waals surface area contributed by atoms with Crippen LogP contribution in [-0.2, 0) is 21.5 Å². The lowest BCUT2D eigenvalue weighted by atomic mass is 10.2. The first-order valence-corrected chi connectivity index (χ1v) is 9.19. The predicted molar refractivity (Wildman–Crippen MR) is 84.4 cm³/mol. The van der Waals surface area contributed by atoms with Crippen molar-refractivity contribution in [3.05, 3.63) is 35.9 Å². The molecular formula is C13H20N2O4S2. The first-order valence-electron chi connectivity index (χ1n) is 6.36. The van der Waals surface area contributed by atoms with Crippen LogP contribution in [0.1, 0.15) is 12.0 Å². The molecule has 0 bridgehead atoms. The van der Waals surface area contributed by atoms with E-state index < -0.39 is 22.2 Å². The fraction of sp³-hybridized carbons (Fsp3) is 0.462. The summed E-state index contributed by atoms with van der Waals surface area (Å²) in [6.07, 6.45) is 2.09. The lowest BCUT2D eigenvalue weighted by Gasteiger charge is -2.21. The van der Waals surface area contributed by atoms with Gasteiger partial charge in [0, 0.05) is 13.6 Å². The van der Waals surface area contributed by atoms with Crippen molar-refractivity contribution in [1.82, 2.24) is 9.03 Å². The topological polar surface area (TPSA) is 86.7 Å². The Labute approximate surface area is 129 Å². The van der Waals surface area contributed by atoms with Gasteiger partial charge in [-0.2, -0.15) is 29.2 Å². The summed E-state index contributed by atoms with van der Waals surface area (Å²) in [4.78, 5) is 11.1. The van der Waals surface area contributed by atoms with E-state index in [9.17, 15) is 13.2 Å². The van der Waals surface area contributed by atoms with Gasteiger partial charge in [-0.3, -0.25) is 4.79 Å². The van der Waals surface area contributed by atoms with Gasteiger partial charge in [-0.25, -0.2) is 0 Å². The molecule has 0 spiro atoms. The van der Waals surface area contributed by atoms with Crippen LogP contribution in [0.15, 0.2) is 30.3 Å². The van der Waals surface area contributed by atoms with Gasteiger partial charge in [0.2, 0.25) is 0 Å². The number of carboxylic acid groups (broad SMARTS) is 1. The highest BCUT2D eigenvalue weighted by Gasteiger charge is 2.26. The molecule has 21 heavy (non-hydrogen) atoms. The number of rotatable bonds is 9. The van der Waals surface area contributed by atoms with E-state index in [1.54, 1.807) is 0 Å². The molecule has 0 aliphatic rings. The molecule has 0 aliphatic heterocycles. The maximum absolute atomic E-state index is 12.2. The summed E-state index contributed by atoms with van der Waals surface area (Å²) in [5.41, 5.74) is 0.835. The Morgan fingerprint density at radius 3 is 2.52 bits per heavy atom. The minimum atomic E-state index is -3.84. The Balaban J connectivity index is 2.72. The van der Waals surface area contributed by atoms with Gasteiger partial charge < -0.3 is 5.11 Å². The normalized spacial score (nSPS) is 13.3. The quantitative estimate of drug-likeness (QED) is 0.708. The SMILES string of the molecule is CSCC[C@@H](NS(=O)(=O)N(C)Cc1ccccc1)C(=O)O.